The van der Waals surface area contributed by atoms with Crippen LogP contribution >= 0.6 is 11.3 Å². The second-order valence-corrected chi connectivity index (χ2v) is 6.34. The molecule has 0 spiro atoms. The van der Waals surface area contributed by atoms with Crippen LogP contribution in [0.15, 0.2) is 29.9 Å². The second-order valence-electron chi connectivity index (χ2n) is 5.31. The van der Waals surface area contributed by atoms with Gasteiger partial charge < -0.3 is 9.84 Å². The van der Waals surface area contributed by atoms with Crippen molar-refractivity contribution in [2.45, 2.75) is 25.7 Å². The van der Waals surface area contributed by atoms with Gasteiger partial charge in [-0.05, 0) is 25.4 Å². The number of aryl methyl sites for hydroxylation is 1. The summed E-state index contributed by atoms with van der Waals surface area (Å²) in [6.45, 7) is 3.59. The quantitative estimate of drug-likeness (QED) is 0.811. The Morgan fingerprint density at radius 1 is 1.52 bits per heavy atom. The van der Waals surface area contributed by atoms with Crippen molar-refractivity contribution in [3.8, 4) is 0 Å². The van der Waals surface area contributed by atoms with Crippen LogP contribution in [0.3, 0.4) is 0 Å². The van der Waals surface area contributed by atoms with E-state index in [0.29, 0.717) is 19.8 Å². The van der Waals surface area contributed by atoms with Gasteiger partial charge in [-0.2, -0.15) is 5.10 Å². The van der Waals surface area contributed by atoms with Crippen molar-refractivity contribution in [3.05, 3.63) is 40.3 Å². The van der Waals surface area contributed by atoms with Gasteiger partial charge in [0.15, 0.2) is 0 Å². The van der Waals surface area contributed by atoms with E-state index in [-0.39, 0.29) is 6.04 Å². The first-order chi connectivity index (χ1) is 10.1. The van der Waals surface area contributed by atoms with Crippen LogP contribution < -0.4 is 0 Å². The van der Waals surface area contributed by atoms with Crippen molar-refractivity contribution in [3.63, 3.8) is 0 Å². The third kappa shape index (κ3) is 4.93. The van der Waals surface area contributed by atoms with E-state index in [0.717, 1.165) is 5.56 Å². The molecule has 0 aliphatic carbocycles. The number of nitrogens with zero attached hydrogens (tertiary/aromatic N) is 3. The lowest BCUT2D eigenvalue weighted by Crippen LogP contribution is -2.33. The number of thiophene rings is 1. The summed E-state index contributed by atoms with van der Waals surface area (Å²) >= 11 is 1.67. The summed E-state index contributed by atoms with van der Waals surface area (Å²) in [5, 5.41) is 16.3. The maximum Gasteiger partial charge on any atom is 0.0900 e. The average Bonchev–Trinajstić information content (AvgIpc) is 3.09. The summed E-state index contributed by atoms with van der Waals surface area (Å²) in [5.41, 5.74) is 1.15. The van der Waals surface area contributed by atoms with Gasteiger partial charge >= 0.3 is 0 Å². The zero-order valence-electron chi connectivity index (χ0n) is 12.8. The Labute approximate surface area is 129 Å². The summed E-state index contributed by atoms with van der Waals surface area (Å²) in [6.07, 6.45) is 3.37. The van der Waals surface area contributed by atoms with Gasteiger partial charge in [0.2, 0.25) is 0 Å². The van der Waals surface area contributed by atoms with E-state index in [1.807, 2.05) is 44.0 Å². The first kappa shape index (κ1) is 16.2. The highest BCUT2D eigenvalue weighted by Gasteiger charge is 2.16. The summed E-state index contributed by atoms with van der Waals surface area (Å²) < 4.78 is 7.34. The van der Waals surface area contributed by atoms with E-state index in [1.54, 1.807) is 16.0 Å². The zero-order chi connectivity index (χ0) is 15.2. The number of aromatic nitrogens is 2. The van der Waals surface area contributed by atoms with Crippen LogP contribution in [0, 0.1) is 0 Å². The Bertz CT molecular complexity index is 527. The minimum absolute atomic E-state index is 0.214. The van der Waals surface area contributed by atoms with Crippen molar-refractivity contribution in [1.29, 1.82) is 0 Å². The Kier molecular flexibility index (Phi) is 5.93. The molecule has 0 fully saturated rings. The predicted octanol–water partition coefficient (Wildman–Crippen LogP) is 2.05. The number of likely N-dealkylation sites (N-methyl/N-ethyl adjacent to an activating group) is 1. The monoisotopic (exact) mass is 309 g/mol. The van der Waals surface area contributed by atoms with Gasteiger partial charge in [-0.3, -0.25) is 9.58 Å². The predicted molar refractivity (Wildman–Crippen MR) is 84.2 cm³/mol. The van der Waals surface area contributed by atoms with Crippen LogP contribution in [0.5, 0.6) is 0 Å². The van der Waals surface area contributed by atoms with E-state index >= 15 is 0 Å². The lowest BCUT2D eigenvalue weighted by molar-refractivity contribution is 0.00930. The SMILES string of the molecule is CC(c1cnn(C)c1)N(C)CC(O)COCc1cccs1. The minimum atomic E-state index is -0.492. The van der Waals surface area contributed by atoms with Crippen molar-refractivity contribution >= 4 is 11.3 Å². The standard InChI is InChI=1S/C15H23N3O2S/c1-12(13-7-16-18(3)8-13)17(2)9-14(19)10-20-11-15-5-4-6-21-15/h4-8,12,14,19H,9-11H2,1-3H3. The van der Waals surface area contributed by atoms with Crippen LogP contribution in [0.2, 0.25) is 0 Å². The van der Waals surface area contributed by atoms with E-state index in [1.165, 1.54) is 4.88 Å². The summed E-state index contributed by atoms with van der Waals surface area (Å²) in [5.74, 6) is 0. The molecular formula is C15H23N3O2S. The molecule has 0 aromatic carbocycles. The number of rotatable bonds is 8. The van der Waals surface area contributed by atoms with Crippen LogP contribution in [-0.4, -0.2) is 46.1 Å². The summed E-state index contributed by atoms with van der Waals surface area (Å²) in [4.78, 5) is 3.29. The molecule has 5 nitrogen and oxygen atoms in total. The Morgan fingerprint density at radius 2 is 2.33 bits per heavy atom. The maximum absolute atomic E-state index is 10.1. The molecule has 0 bridgehead atoms. The topological polar surface area (TPSA) is 50.5 Å². The molecule has 0 radical (unpaired) electrons. The first-order valence-corrected chi connectivity index (χ1v) is 7.91. The highest BCUT2D eigenvalue weighted by atomic mass is 32.1. The van der Waals surface area contributed by atoms with Crippen molar-refractivity contribution in [1.82, 2.24) is 14.7 Å². The van der Waals surface area contributed by atoms with Crippen molar-refractivity contribution in [2.24, 2.45) is 7.05 Å². The molecule has 6 heteroatoms. The Morgan fingerprint density at radius 3 is 2.95 bits per heavy atom. The molecule has 2 unspecified atom stereocenters. The zero-order valence-corrected chi connectivity index (χ0v) is 13.6. The largest absolute Gasteiger partial charge is 0.389 e. The Hall–Kier alpha value is -1.21. The van der Waals surface area contributed by atoms with Crippen LogP contribution in [-0.2, 0) is 18.4 Å². The smallest absolute Gasteiger partial charge is 0.0900 e. The van der Waals surface area contributed by atoms with Gasteiger partial charge in [-0.1, -0.05) is 6.07 Å². The molecule has 2 atom stereocenters. The second kappa shape index (κ2) is 7.70. The van der Waals surface area contributed by atoms with E-state index < -0.39 is 6.10 Å². The number of hydrogen-bond donors (Lipinski definition) is 1. The third-order valence-electron chi connectivity index (χ3n) is 3.50. The molecule has 0 aliphatic rings. The normalized spacial score (nSPS) is 14.5. The fraction of sp³-hybridized carbons (Fsp3) is 0.533. The molecule has 2 aromatic rings. The van der Waals surface area contributed by atoms with Crippen LogP contribution in [0.4, 0.5) is 0 Å². The molecule has 2 heterocycles. The van der Waals surface area contributed by atoms with E-state index in [9.17, 15) is 5.11 Å². The van der Waals surface area contributed by atoms with Crippen molar-refractivity contribution < 1.29 is 9.84 Å². The molecular weight excluding hydrogens is 286 g/mol. The number of aliphatic hydroxyl groups is 1. The van der Waals surface area contributed by atoms with E-state index in [4.69, 9.17) is 4.74 Å². The molecule has 2 rings (SSSR count). The van der Waals surface area contributed by atoms with Gasteiger partial charge in [0.1, 0.15) is 0 Å². The number of aliphatic hydroxyl groups excluding tert-OH is 1. The highest BCUT2D eigenvalue weighted by Crippen LogP contribution is 2.17. The molecule has 0 aliphatic heterocycles. The third-order valence-corrected chi connectivity index (χ3v) is 4.35. The van der Waals surface area contributed by atoms with Gasteiger partial charge in [-0.15, -0.1) is 11.3 Å². The molecule has 21 heavy (non-hydrogen) atoms. The molecule has 1 N–H and O–H groups in total. The number of hydrogen-bond acceptors (Lipinski definition) is 5. The minimum Gasteiger partial charge on any atom is -0.389 e. The van der Waals surface area contributed by atoms with Gasteiger partial charge in [0, 0.05) is 36.3 Å². The average molecular weight is 309 g/mol. The molecule has 116 valence electrons. The van der Waals surface area contributed by atoms with Crippen LogP contribution in [0.1, 0.15) is 23.4 Å². The first-order valence-electron chi connectivity index (χ1n) is 7.03. The lowest BCUT2D eigenvalue weighted by atomic mass is 10.1. The van der Waals surface area contributed by atoms with Crippen molar-refractivity contribution in [2.75, 3.05) is 20.2 Å². The van der Waals surface area contributed by atoms with Gasteiger partial charge in [0.25, 0.3) is 0 Å². The molecule has 2 aromatic heterocycles. The fourth-order valence-electron chi connectivity index (χ4n) is 2.14. The summed E-state index contributed by atoms with van der Waals surface area (Å²) in [7, 11) is 3.91. The van der Waals surface area contributed by atoms with Gasteiger partial charge in [-0.25, -0.2) is 0 Å². The highest BCUT2D eigenvalue weighted by molar-refractivity contribution is 7.09. The molecule has 0 saturated heterocycles. The molecule has 0 amide bonds. The lowest BCUT2D eigenvalue weighted by Gasteiger charge is -2.26. The fourth-order valence-corrected chi connectivity index (χ4v) is 2.78. The molecule has 0 saturated carbocycles. The summed E-state index contributed by atoms with van der Waals surface area (Å²) in [6, 6.07) is 4.25. The van der Waals surface area contributed by atoms with Gasteiger partial charge in [0.05, 0.1) is 25.5 Å². The number of ether oxygens (including phenoxy) is 1. The van der Waals surface area contributed by atoms with Crippen LogP contribution in [0.25, 0.3) is 0 Å². The maximum atomic E-state index is 10.1. The van der Waals surface area contributed by atoms with E-state index in [2.05, 4.69) is 16.9 Å². The Balaban J connectivity index is 1.72.